The van der Waals surface area contributed by atoms with E-state index in [0.29, 0.717) is 21.3 Å². The summed E-state index contributed by atoms with van der Waals surface area (Å²) in [4.78, 5) is 23.8. The topological polar surface area (TPSA) is 64.6 Å². The molecule has 0 radical (unpaired) electrons. The van der Waals surface area contributed by atoms with Gasteiger partial charge in [0.2, 0.25) is 5.91 Å². The van der Waals surface area contributed by atoms with Crippen LogP contribution in [0, 0.1) is 0 Å². The molecule has 0 heterocycles. The fourth-order valence-electron chi connectivity index (χ4n) is 2.05. The Labute approximate surface area is 165 Å². The molecule has 2 aromatic carbocycles. The van der Waals surface area contributed by atoms with E-state index in [9.17, 15) is 9.59 Å². The summed E-state index contributed by atoms with van der Waals surface area (Å²) in [5.74, 6) is -0.756. The molecule has 2 rings (SSSR count). The lowest BCUT2D eigenvalue weighted by Gasteiger charge is -2.12. The number of amides is 1. The maximum atomic E-state index is 12.1. The number of anilines is 1. The maximum absolute atomic E-state index is 12.1. The number of esters is 1. The van der Waals surface area contributed by atoms with Crippen molar-refractivity contribution in [1.29, 1.82) is 0 Å². The number of carbonyl (C=O) groups excluding carboxylic acids is 2. The lowest BCUT2D eigenvalue weighted by molar-refractivity contribution is -0.111. The number of nitrogens with one attached hydrogen (secondary N) is 1. The third-order valence-electron chi connectivity index (χ3n) is 3.32. The standard InChI is InChI=1S/C18H14Cl3NO4/c1-25-16-8-11(18(24)26-2)13(20)9-15(16)22-17(23)6-4-10-3-5-12(19)14(21)7-10/h3-9H,1-2H3,(H,22,23). The van der Waals surface area contributed by atoms with Crippen molar-refractivity contribution in [3.63, 3.8) is 0 Å². The highest BCUT2D eigenvalue weighted by Crippen LogP contribution is 2.32. The number of hydrogen-bond acceptors (Lipinski definition) is 4. The number of ether oxygens (including phenoxy) is 2. The fourth-order valence-corrected chi connectivity index (χ4v) is 2.60. The van der Waals surface area contributed by atoms with E-state index in [1.807, 2.05) is 0 Å². The van der Waals surface area contributed by atoms with Crippen LogP contribution in [-0.2, 0) is 9.53 Å². The van der Waals surface area contributed by atoms with Crippen LogP contribution >= 0.6 is 34.8 Å². The van der Waals surface area contributed by atoms with Gasteiger partial charge in [-0.05, 0) is 35.9 Å². The van der Waals surface area contributed by atoms with Crippen LogP contribution < -0.4 is 10.1 Å². The van der Waals surface area contributed by atoms with Gasteiger partial charge in [-0.2, -0.15) is 0 Å². The molecule has 0 atom stereocenters. The Balaban J connectivity index is 2.20. The molecule has 26 heavy (non-hydrogen) atoms. The third-order valence-corrected chi connectivity index (χ3v) is 4.37. The Morgan fingerprint density at radius 2 is 1.73 bits per heavy atom. The van der Waals surface area contributed by atoms with Crippen molar-refractivity contribution in [1.82, 2.24) is 0 Å². The number of carbonyl (C=O) groups is 2. The predicted octanol–water partition coefficient (Wildman–Crippen LogP) is 5.09. The van der Waals surface area contributed by atoms with Gasteiger partial charge in [-0.15, -0.1) is 0 Å². The van der Waals surface area contributed by atoms with Crippen LogP contribution in [0.25, 0.3) is 6.08 Å². The molecule has 0 unspecified atom stereocenters. The molecular formula is C18H14Cl3NO4. The number of rotatable bonds is 5. The first-order chi connectivity index (χ1) is 12.3. The average molecular weight is 415 g/mol. The number of methoxy groups -OCH3 is 2. The number of halogens is 3. The van der Waals surface area contributed by atoms with Gasteiger partial charge in [0.05, 0.1) is 40.5 Å². The van der Waals surface area contributed by atoms with Crippen molar-refractivity contribution in [3.8, 4) is 5.75 Å². The van der Waals surface area contributed by atoms with Gasteiger partial charge in [-0.1, -0.05) is 40.9 Å². The minimum absolute atomic E-state index is 0.126. The summed E-state index contributed by atoms with van der Waals surface area (Å²) in [6, 6.07) is 7.80. The van der Waals surface area contributed by atoms with Gasteiger partial charge in [-0.3, -0.25) is 4.79 Å². The summed E-state index contributed by atoms with van der Waals surface area (Å²) in [7, 11) is 2.65. The molecule has 0 aliphatic heterocycles. The van der Waals surface area contributed by atoms with E-state index in [4.69, 9.17) is 39.5 Å². The normalized spacial score (nSPS) is 10.7. The van der Waals surface area contributed by atoms with Crippen LogP contribution in [0.15, 0.2) is 36.4 Å². The zero-order valence-electron chi connectivity index (χ0n) is 13.8. The van der Waals surface area contributed by atoms with Crippen LogP contribution in [0.5, 0.6) is 5.75 Å². The lowest BCUT2D eigenvalue weighted by Crippen LogP contribution is -2.10. The van der Waals surface area contributed by atoms with Gasteiger partial charge in [-0.25, -0.2) is 4.79 Å². The first-order valence-electron chi connectivity index (χ1n) is 7.25. The summed E-state index contributed by atoms with van der Waals surface area (Å²) in [6.45, 7) is 0. The van der Waals surface area contributed by atoms with Crippen molar-refractivity contribution in [2.45, 2.75) is 0 Å². The Kier molecular flexibility index (Phi) is 6.91. The van der Waals surface area contributed by atoms with Crippen molar-refractivity contribution in [3.05, 3.63) is 62.6 Å². The van der Waals surface area contributed by atoms with E-state index < -0.39 is 11.9 Å². The molecule has 0 aliphatic rings. The van der Waals surface area contributed by atoms with E-state index in [-0.39, 0.29) is 16.3 Å². The zero-order valence-corrected chi connectivity index (χ0v) is 16.1. The molecule has 8 heteroatoms. The van der Waals surface area contributed by atoms with Gasteiger partial charge in [0.15, 0.2) is 0 Å². The van der Waals surface area contributed by atoms with Crippen LogP contribution in [0.3, 0.4) is 0 Å². The molecule has 1 N–H and O–H groups in total. The first kappa shape index (κ1) is 20.1. The average Bonchev–Trinajstić information content (AvgIpc) is 2.62. The predicted molar refractivity (Wildman–Crippen MR) is 103 cm³/mol. The molecule has 5 nitrogen and oxygen atoms in total. The van der Waals surface area contributed by atoms with E-state index in [1.54, 1.807) is 24.3 Å². The largest absolute Gasteiger partial charge is 0.495 e. The van der Waals surface area contributed by atoms with Gasteiger partial charge in [0, 0.05) is 6.08 Å². The minimum Gasteiger partial charge on any atom is -0.495 e. The molecule has 0 aliphatic carbocycles. The van der Waals surface area contributed by atoms with Crippen molar-refractivity contribution < 1.29 is 19.1 Å². The highest BCUT2D eigenvalue weighted by molar-refractivity contribution is 6.42. The highest BCUT2D eigenvalue weighted by atomic mass is 35.5. The molecule has 0 saturated heterocycles. The quantitative estimate of drug-likeness (QED) is 0.546. The molecular weight excluding hydrogens is 401 g/mol. The summed E-state index contributed by atoms with van der Waals surface area (Å²) in [6.07, 6.45) is 2.90. The summed E-state index contributed by atoms with van der Waals surface area (Å²) < 4.78 is 9.84. The monoisotopic (exact) mass is 413 g/mol. The molecule has 0 aromatic heterocycles. The van der Waals surface area contributed by atoms with Crippen LogP contribution in [0.2, 0.25) is 15.1 Å². The van der Waals surface area contributed by atoms with Gasteiger partial charge >= 0.3 is 5.97 Å². The Hall–Kier alpha value is -2.21. The minimum atomic E-state index is -0.606. The van der Waals surface area contributed by atoms with E-state index in [2.05, 4.69) is 10.1 Å². The zero-order chi connectivity index (χ0) is 19.3. The molecule has 0 spiro atoms. The second-order valence-electron chi connectivity index (χ2n) is 5.02. The number of benzene rings is 2. The molecule has 2 aromatic rings. The third kappa shape index (κ3) is 4.91. The van der Waals surface area contributed by atoms with Crippen molar-refractivity contribution in [2.24, 2.45) is 0 Å². The summed E-state index contributed by atoms with van der Waals surface area (Å²) in [5, 5.41) is 3.58. The second-order valence-corrected chi connectivity index (χ2v) is 6.24. The highest BCUT2D eigenvalue weighted by Gasteiger charge is 2.16. The molecule has 0 fully saturated rings. The van der Waals surface area contributed by atoms with E-state index >= 15 is 0 Å². The van der Waals surface area contributed by atoms with Gasteiger partial charge in [0.1, 0.15) is 5.75 Å². The fraction of sp³-hybridized carbons (Fsp3) is 0.111. The number of hydrogen-bond donors (Lipinski definition) is 1. The van der Waals surface area contributed by atoms with Crippen molar-refractivity contribution in [2.75, 3.05) is 19.5 Å². The Bertz CT molecular complexity index is 881. The summed E-state index contributed by atoms with van der Waals surface area (Å²) in [5.41, 5.74) is 1.16. The maximum Gasteiger partial charge on any atom is 0.339 e. The second kappa shape index (κ2) is 8.94. The first-order valence-corrected chi connectivity index (χ1v) is 8.39. The van der Waals surface area contributed by atoms with Crippen LogP contribution in [0.4, 0.5) is 5.69 Å². The molecule has 0 bridgehead atoms. The molecule has 1 amide bonds. The van der Waals surface area contributed by atoms with Gasteiger partial charge < -0.3 is 14.8 Å². The lowest BCUT2D eigenvalue weighted by atomic mass is 10.1. The van der Waals surface area contributed by atoms with Crippen molar-refractivity contribution >= 4 is 58.4 Å². The van der Waals surface area contributed by atoms with E-state index in [0.717, 1.165) is 0 Å². The van der Waals surface area contributed by atoms with E-state index in [1.165, 1.54) is 32.4 Å². The Morgan fingerprint density at radius 1 is 1.00 bits per heavy atom. The van der Waals surface area contributed by atoms with Gasteiger partial charge in [0.25, 0.3) is 0 Å². The summed E-state index contributed by atoms with van der Waals surface area (Å²) >= 11 is 17.9. The van der Waals surface area contributed by atoms with Crippen LogP contribution in [0.1, 0.15) is 15.9 Å². The molecule has 0 saturated carbocycles. The molecule has 136 valence electrons. The van der Waals surface area contributed by atoms with Crippen LogP contribution in [-0.4, -0.2) is 26.1 Å². The smallest absolute Gasteiger partial charge is 0.339 e. The Morgan fingerprint density at radius 3 is 2.35 bits per heavy atom. The SMILES string of the molecule is COC(=O)c1cc(OC)c(NC(=O)C=Cc2ccc(Cl)c(Cl)c2)cc1Cl.